The number of nitrogens with zero attached hydrogens (tertiary/aromatic N) is 2. The first kappa shape index (κ1) is 19.6. The molecule has 7 nitrogen and oxygen atoms in total. The van der Waals surface area contributed by atoms with Gasteiger partial charge in [-0.2, -0.15) is 0 Å². The molecular weight excluding hydrogens is 406 g/mol. The van der Waals surface area contributed by atoms with Gasteiger partial charge in [0.2, 0.25) is 5.91 Å². The molecule has 0 bridgehead atoms. The highest BCUT2D eigenvalue weighted by molar-refractivity contribution is 6.30. The Labute approximate surface area is 177 Å². The number of anilines is 1. The van der Waals surface area contributed by atoms with E-state index in [2.05, 4.69) is 10.5 Å². The second-order valence-corrected chi connectivity index (χ2v) is 7.13. The van der Waals surface area contributed by atoms with Crippen LogP contribution in [0.1, 0.15) is 17.2 Å². The molecule has 30 heavy (non-hydrogen) atoms. The van der Waals surface area contributed by atoms with Gasteiger partial charge in [0.25, 0.3) is 5.69 Å². The molecule has 0 aromatic heterocycles. The number of hydrogen-bond donors (Lipinski definition) is 1. The molecule has 1 heterocycles. The van der Waals surface area contributed by atoms with Gasteiger partial charge in [-0.05, 0) is 29.8 Å². The van der Waals surface area contributed by atoms with Crippen LogP contribution in [0.5, 0.6) is 0 Å². The van der Waals surface area contributed by atoms with Crippen LogP contribution in [-0.4, -0.2) is 16.5 Å². The Kier molecular flexibility index (Phi) is 5.45. The summed E-state index contributed by atoms with van der Waals surface area (Å²) >= 11 is 5.99. The lowest BCUT2D eigenvalue weighted by Crippen LogP contribution is -2.32. The van der Waals surface area contributed by atoms with Crippen LogP contribution in [0.3, 0.4) is 0 Å². The van der Waals surface area contributed by atoms with E-state index in [0.717, 1.165) is 11.1 Å². The van der Waals surface area contributed by atoms with Gasteiger partial charge in [0.05, 0.1) is 4.92 Å². The number of halogens is 1. The van der Waals surface area contributed by atoms with Crippen LogP contribution in [0.25, 0.3) is 0 Å². The number of rotatable bonds is 5. The standard InChI is InChI=1S/C22H16ClN3O4/c23-16-8-6-14(7-9-16)20-19(21(30-25-20)15-4-2-1-3-5-15)22(27)24-17-10-12-18(13-11-17)26(28)29/h1-13,19,21H,(H,24,27)/t19-,21+/m0/s1. The van der Waals surface area contributed by atoms with E-state index in [1.54, 1.807) is 24.3 Å². The fraction of sp³-hybridized carbons (Fsp3) is 0.0909. The third-order valence-corrected chi connectivity index (χ3v) is 5.01. The largest absolute Gasteiger partial charge is 0.386 e. The highest BCUT2D eigenvalue weighted by Gasteiger charge is 2.41. The Balaban J connectivity index is 1.64. The van der Waals surface area contributed by atoms with Gasteiger partial charge in [-0.3, -0.25) is 14.9 Å². The lowest BCUT2D eigenvalue weighted by Gasteiger charge is -2.19. The minimum absolute atomic E-state index is 0.0530. The van der Waals surface area contributed by atoms with Gasteiger partial charge in [-0.15, -0.1) is 0 Å². The summed E-state index contributed by atoms with van der Waals surface area (Å²) in [7, 11) is 0. The first-order valence-electron chi connectivity index (χ1n) is 9.13. The molecule has 8 heteroatoms. The number of nitro benzene ring substituents is 1. The quantitative estimate of drug-likeness (QED) is 0.464. The summed E-state index contributed by atoms with van der Waals surface area (Å²) in [4.78, 5) is 29.3. The number of non-ortho nitro benzene ring substituents is 1. The number of oxime groups is 1. The first-order chi connectivity index (χ1) is 14.5. The predicted octanol–water partition coefficient (Wildman–Crippen LogP) is 4.98. The van der Waals surface area contributed by atoms with Crippen LogP contribution < -0.4 is 5.32 Å². The number of nitrogens with one attached hydrogen (secondary N) is 1. The molecule has 1 aliphatic heterocycles. The summed E-state index contributed by atoms with van der Waals surface area (Å²) < 4.78 is 0. The molecule has 0 saturated carbocycles. The highest BCUT2D eigenvalue weighted by Crippen LogP contribution is 2.36. The SMILES string of the molecule is O=C(Nc1ccc([N+](=O)[O-])cc1)[C@H]1C(c2ccc(Cl)cc2)=NO[C@@H]1c1ccccc1. The summed E-state index contributed by atoms with van der Waals surface area (Å²) in [6.07, 6.45) is -0.602. The summed E-state index contributed by atoms with van der Waals surface area (Å²) in [6, 6.07) is 22.0. The normalized spacial score (nSPS) is 17.7. The van der Waals surface area contributed by atoms with Crippen molar-refractivity contribution in [2.75, 3.05) is 5.32 Å². The minimum atomic E-state index is -0.719. The maximum Gasteiger partial charge on any atom is 0.269 e. The third kappa shape index (κ3) is 4.01. The van der Waals surface area contributed by atoms with Crippen molar-refractivity contribution in [2.24, 2.45) is 11.1 Å². The van der Waals surface area contributed by atoms with Gasteiger partial charge in [-0.1, -0.05) is 59.2 Å². The van der Waals surface area contributed by atoms with E-state index in [-0.39, 0.29) is 11.6 Å². The van der Waals surface area contributed by atoms with Crippen LogP contribution in [0.15, 0.2) is 84.0 Å². The molecule has 150 valence electrons. The van der Waals surface area contributed by atoms with E-state index in [1.807, 2.05) is 30.3 Å². The van der Waals surface area contributed by atoms with Crippen molar-refractivity contribution >= 4 is 34.6 Å². The summed E-state index contributed by atoms with van der Waals surface area (Å²) in [5.74, 6) is -1.05. The fourth-order valence-electron chi connectivity index (χ4n) is 3.27. The zero-order valence-electron chi connectivity index (χ0n) is 15.6. The van der Waals surface area contributed by atoms with Gasteiger partial charge in [-0.25, -0.2) is 0 Å². The molecule has 0 spiro atoms. The molecule has 1 aliphatic rings. The molecule has 1 amide bonds. The fourth-order valence-corrected chi connectivity index (χ4v) is 3.40. The molecule has 0 unspecified atom stereocenters. The lowest BCUT2D eigenvalue weighted by molar-refractivity contribution is -0.384. The second kappa shape index (κ2) is 8.34. The van der Waals surface area contributed by atoms with Gasteiger partial charge < -0.3 is 10.2 Å². The maximum atomic E-state index is 13.2. The van der Waals surface area contributed by atoms with Crippen molar-refractivity contribution in [3.05, 3.63) is 105 Å². The third-order valence-electron chi connectivity index (χ3n) is 4.76. The van der Waals surface area contributed by atoms with Crippen LogP contribution in [0, 0.1) is 16.0 Å². The van der Waals surface area contributed by atoms with Crippen molar-refractivity contribution in [1.29, 1.82) is 0 Å². The topological polar surface area (TPSA) is 93.8 Å². The molecule has 3 aromatic rings. The zero-order valence-corrected chi connectivity index (χ0v) is 16.3. The Bertz CT molecular complexity index is 1100. The molecular formula is C22H16ClN3O4. The van der Waals surface area contributed by atoms with Crippen LogP contribution >= 0.6 is 11.6 Å². The summed E-state index contributed by atoms with van der Waals surface area (Å²) in [5.41, 5.74) is 2.42. The molecule has 3 aromatic carbocycles. The monoisotopic (exact) mass is 421 g/mol. The van der Waals surface area contributed by atoms with Gasteiger partial charge >= 0.3 is 0 Å². The average molecular weight is 422 g/mol. The molecule has 4 rings (SSSR count). The van der Waals surface area contributed by atoms with E-state index < -0.39 is 16.9 Å². The van der Waals surface area contributed by atoms with E-state index in [9.17, 15) is 14.9 Å². The van der Waals surface area contributed by atoms with Gasteiger partial charge in [0, 0.05) is 28.4 Å². The van der Waals surface area contributed by atoms with E-state index in [1.165, 1.54) is 24.3 Å². The van der Waals surface area contributed by atoms with Crippen molar-refractivity contribution in [3.63, 3.8) is 0 Å². The smallest absolute Gasteiger partial charge is 0.269 e. The average Bonchev–Trinajstić information content (AvgIpc) is 3.20. The van der Waals surface area contributed by atoms with Crippen LogP contribution in [0.4, 0.5) is 11.4 Å². The summed E-state index contributed by atoms with van der Waals surface area (Å²) in [6.45, 7) is 0. The van der Waals surface area contributed by atoms with E-state index >= 15 is 0 Å². The van der Waals surface area contributed by atoms with Crippen LogP contribution in [-0.2, 0) is 9.63 Å². The molecule has 1 N–H and O–H groups in total. The minimum Gasteiger partial charge on any atom is -0.386 e. The highest BCUT2D eigenvalue weighted by atomic mass is 35.5. The predicted molar refractivity (Wildman–Crippen MR) is 113 cm³/mol. The van der Waals surface area contributed by atoms with Gasteiger partial charge in [0.15, 0.2) is 6.10 Å². The number of amides is 1. The van der Waals surface area contributed by atoms with Crippen molar-refractivity contribution < 1.29 is 14.6 Å². The molecule has 0 radical (unpaired) electrons. The van der Waals surface area contributed by atoms with E-state index in [0.29, 0.717) is 16.4 Å². The molecule has 0 fully saturated rings. The number of nitro groups is 1. The number of hydrogen-bond acceptors (Lipinski definition) is 5. The first-order valence-corrected chi connectivity index (χ1v) is 9.50. The lowest BCUT2D eigenvalue weighted by atomic mass is 9.88. The summed E-state index contributed by atoms with van der Waals surface area (Å²) in [5, 5.41) is 18.4. The van der Waals surface area contributed by atoms with Crippen molar-refractivity contribution in [1.82, 2.24) is 0 Å². The Morgan fingerprint density at radius 2 is 1.67 bits per heavy atom. The number of carbonyl (C=O) groups excluding carboxylic acids is 1. The Morgan fingerprint density at radius 1 is 1.00 bits per heavy atom. The Hall–Kier alpha value is -3.71. The van der Waals surface area contributed by atoms with Crippen molar-refractivity contribution in [2.45, 2.75) is 6.10 Å². The van der Waals surface area contributed by atoms with E-state index in [4.69, 9.17) is 16.4 Å². The van der Waals surface area contributed by atoms with Gasteiger partial charge in [0.1, 0.15) is 11.6 Å². The zero-order chi connectivity index (χ0) is 21.1. The molecule has 0 aliphatic carbocycles. The molecule has 0 saturated heterocycles. The van der Waals surface area contributed by atoms with Crippen molar-refractivity contribution in [3.8, 4) is 0 Å². The number of benzene rings is 3. The Morgan fingerprint density at radius 3 is 2.30 bits per heavy atom. The second-order valence-electron chi connectivity index (χ2n) is 6.69. The number of carbonyl (C=O) groups is 1. The van der Waals surface area contributed by atoms with Crippen LogP contribution in [0.2, 0.25) is 5.02 Å². The maximum absolute atomic E-state index is 13.2. The molecule has 2 atom stereocenters.